The zero-order valence-corrected chi connectivity index (χ0v) is 12.0. The summed E-state index contributed by atoms with van der Waals surface area (Å²) in [5.41, 5.74) is 0.626. The maximum absolute atomic E-state index is 11.6. The fraction of sp³-hybridized carbons (Fsp3) is 0.267. The Morgan fingerprint density at radius 3 is 2.67 bits per heavy atom. The number of aromatic nitrogens is 2. The van der Waals surface area contributed by atoms with Gasteiger partial charge in [-0.25, -0.2) is 4.98 Å². The first-order chi connectivity index (χ1) is 10.1. The van der Waals surface area contributed by atoms with Crippen molar-refractivity contribution < 1.29 is 9.90 Å². The van der Waals surface area contributed by atoms with Crippen molar-refractivity contribution in [2.45, 2.75) is 35.1 Å². The third-order valence-corrected chi connectivity index (χ3v) is 4.13. The van der Waals surface area contributed by atoms with E-state index in [0.29, 0.717) is 10.9 Å². The largest absolute Gasteiger partial charge is 0.481 e. The summed E-state index contributed by atoms with van der Waals surface area (Å²) in [6.45, 7) is 0. The van der Waals surface area contributed by atoms with Crippen LogP contribution in [0.2, 0.25) is 0 Å². The summed E-state index contributed by atoms with van der Waals surface area (Å²) in [4.78, 5) is 30.5. The predicted octanol–water partition coefficient (Wildman–Crippen LogP) is 2.43. The monoisotopic (exact) mass is 302 g/mol. The highest BCUT2D eigenvalue weighted by molar-refractivity contribution is 7.99. The molecule has 1 aromatic heterocycles. The molecule has 1 aliphatic carbocycles. The number of carboxylic acids is 1. The Morgan fingerprint density at radius 1 is 1.33 bits per heavy atom. The SMILES string of the molecule is O=C(O)Cc1ccc(Sc2cc(=O)[nH]c(C3CC3)n2)cc1. The molecule has 1 fully saturated rings. The molecule has 0 aliphatic heterocycles. The van der Waals surface area contributed by atoms with Crippen LogP contribution >= 0.6 is 11.8 Å². The summed E-state index contributed by atoms with van der Waals surface area (Å²) in [6, 6.07) is 8.75. The summed E-state index contributed by atoms with van der Waals surface area (Å²) in [5.74, 6) is 0.324. The van der Waals surface area contributed by atoms with Gasteiger partial charge in [-0.3, -0.25) is 9.59 Å². The highest BCUT2D eigenvalue weighted by Gasteiger charge is 2.26. The Hall–Kier alpha value is -2.08. The minimum Gasteiger partial charge on any atom is -0.481 e. The molecule has 0 spiro atoms. The maximum atomic E-state index is 11.6. The van der Waals surface area contributed by atoms with Gasteiger partial charge in [0, 0.05) is 16.9 Å². The van der Waals surface area contributed by atoms with E-state index in [1.165, 1.54) is 17.8 Å². The van der Waals surface area contributed by atoms with Crippen molar-refractivity contribution in [2.24, 2.45) is 0 Å². The first-order valence-electron chi connectivity index (χ1n) is 6.70. The summed E-state index contributed by atoms with van der Waals surface area (Å²) in [7, 11) is 0. The average Bonchev–Trinajstić information content (AvgIpc) is 3.24. The third kappa shape index (κ3) is 3.72. The number of rotatable bonds is 5. The summed E-state index contributed by atoms with van der Waals surface area (Å²) in [5, 5.41) is 9.41. The standard InChI is InChI=1S/C15H14N2O3S/c18-12-8-13(17-15(16-12)10-3-4-10)21-11-5-1-9(2-6-11)7-14(19)20/h1-2,5-6,8,10H,3-4,7H2,(H,19,20)(H,16,17,18). The van der Waals surface area contributed by atoms with Crippen molar-refractivity contribution in [3.05, 3.63) is 52.1 Å². The minimum atomic E-state index is -0.847. The van der Waals surface area contributed by atoms with Crippen LogP contribution in [0, 0.1) is 0 Å². The smallest absolute Gasteiger partial charge is 0.307 e. The molecule has 0 radical (unpaired) electrons. The van der Waals surface area contributed by atoms with Gasteiger partial charge in [0.05, 0.1) is 6.42 Å². The number of carbonyl (C=O) groups is 1. The van der Waals surface area contributed by atoms with Gasteiger partial charge in [-0.15, -0.1) is 0 Å². The van der Waals surface area contributed by atoms with Gasteiger partial charge in [0.2, 0.25) is 0 Å². The van der Waals surface area contributed by atoms with E-state index in [4.69, 9.17) is 5.11 Å². The third-order valence-electron chi connectivity index (χ3n) is 3.20. The minimum absolute atomic E-state index is 0.0139. The molecule has 1 saturated carbocycles. The van der Waals surface area contributed by atoms with Crippen LogP contribution in [0.5, 0.6) is 0 Å². The highest BCUT2D eigenvalue weighted by Crippen LogP contribution is 2.38. The summed E-state index contributed by atoms with van der Waals surface area (Å²) in [6.07, 6.45) is 2.18. The van der Waals surface area contributed by atoms with Crippen LogP contribution in [-0.4, -0.2) is 21.0 Å². The number of nitrogens with one attached hydrogen (secondary N) is 1. The Labute approximate surface area is 125 Å². The van der Waals surface area contributed by atoms with E-state index in [1.54, 1.807) is 12.1 Å². The van der Waals surface area contributed by atoms with Gasteiger partial charge >= 0.3 is 5.97 Å². The van der Waals surface area contributed by atoms with E-state index >= 15 is 0 Å². The van der Waals surface area contributed by atoms with Gasteiger partial charge in [0.25, 0.3) is 5.56 Å². The molecule has 0 saturated heterocycles. The number of aliphatic carboxylic acids is 1. The van der Waals surface area contributed by atoms with Crippen molar-refractivity contribution in [2.75, 3.05) is 0 Å². The molecule has 0 unspecified atom stereocenters. The molecule has 1 aromatic carbocycles. The van der Waals surface area contributed by atoms with Gasteiger partial charge in [0.1, 0.15) is 10.9 Å². The number of benzene rings is 1. The highest BCUT2D eigenvalue weighted by atomic mass is 32.2. The number of carboxylic acid groups (broad SMARTS) is 1. The predicted molar refractivity (Wildman–Crippen MR) is 78.7 cm³/mol. The van der Waals surface area contributed by atoms with Crippen molar-refractivity contribution in [3.63, 3.8) is 0 Å². The lowest BCUT2D eigenvalue weighted by molar-refractivity contribution is -0.136. The van der Waals surface area contributed by atoms with Gasteiger partial charge in [-0.05, 0) is 30.5 Å². The zero-order chi connectivity index (χ0) is 14.8. The fourth-order valence-corrected chi connectivity index (χ4v) is 2.85. The second-order valence-corrected chi connectivity index (χ2v) is 6.15. The van der Waals surface area contributed by atoms with Gasteiger partial charge in [-0.1, -0.05) is 23.9 Å². The lowest BCUT2D eigenvalue weighted by Crippen LogP contribution is -2.09. The molecule has 2 aromatic rings. The van der Waals surface area contributed by atoms with E-state index in [9.17, 15) is 9.59 Å². The molecule has 2 N–H and O–H groups in total. The molecule has 108 valence electrons. The number of H-pyrrole nitrogens is 1. The van der Waals surface area contributed by atoms with Crippen LogP contribution < -0.4 is 5.56 Å². The second-order valence-electron chi connectivity index (χ2n) is 5.06. The van der Waals surface area contributed by atoms with Crippen molar-refractivity contribution in [3.8, 4) is 0 Å². The Morgan fingerprint density at radius 2 is 2.05 bits per heavy atom. The molecule has 21 heavy (non-hydrogen) atoms. The van der Waals surface area contributed by atoms with Crippen molar-refractivity contribution >= 4 is 17.7 Å². The fourth-order valence-electron chi connectivity index (χ4n) is 2.03. The van der Waals surface area contributed by atoms with Gasteiger partial charge in [-0.2, -0.15) is 0 Å². The number of aromatic amines is 1. The van der Waals surface area contributed by atoms with Crippen LogP contribution in [0.25, 0.3) is 0 Å². The Kier molecular flexibility index (Phi) is 3.79. The molecule has 3 rings (SSSR count). The van der Waals surface area contributed by atoms with Crippen LogP contribution in [0.1, 0.15) is 30.1 Å². The van der Waals surface area contributed by atoms with Crippen LogP contribution in [0.3, 0.4) is 0 Å². The molecule has 0 atom stereocenters. The Balaban J connectivity index is 1.76. The number of hydrogen-bond donors (Lipinski definition) is 2. The quantitative estimate of drug-likeness (QED) is 0.829. The molecule has 1 heterocycles. The van der Waals surface area contributed by atoms with E-state index < -0.39 is 5.97 Å². The Bertz CT molecular complexity index is 720. The normalized spacial score (nSPS) is 14.1. The molecular formula is C15H14N2O3S. The molecule has 0 amide bonds. The van der Waals surface area contributed by atoms with Gasteiger partial charge < -0.3 is 10.1 Å². The lowest BCUT2D eigenvalue weighted by atomic mass is 10.2. The maximum Gasteiger partial charge on any atom is 0.307 e. The van der Waals surface area contributed by atoms with Crippen LogP contribution in [-0.2, 0) is 11.2 Å². The average molecular weight is 302 g/mol. The summed E-state index contributed by atoms with van der Waals surface area (Å²) >= 11 is 1.41. The number of hydrogen-bond acceptors (Lipinski definition) is 4. The second kappa shape index (κ2) is 5.73. The molecule has 0 bridgehead atoms. The van der Waals surface area contributed by atoms with Crippen molar-refractivity contribution in [1.82, 2.24) is 9.97 Å². The molecule has 1 aliphatic rings. The summed E-state index contributed by atoms with van der Waals surface area (Å²) < 4.78 is 0. The first kappa shape index (κ1) is 13.9. The topological polar surface area (TPSA) is 83.0 Å². The zero-order valence-electron chi connectivity index (χ0n) is 11.2. The lowest BCUT2D eigenvalue weighted by Gasteiger charge is -2.04. The van der Waals surface area contributed by atoms with E-state index in [0.717, 1.165) is 29.1 Å². The number of nitrogens with zero attached hydrogens (tertiary/aromatic N) is 1. The van der Waals surface area contributed by atoms with Crippen LogP contribution in [0.4, 0.5) is 0 Å². The van der Waals surface area contributed by atoms with E-state index in [1.807, 2.05) is 12.1 Å². The van der Waals surface area contributed by atoms with E-state index in [2.05, 4.69) is 9.97 Å². The van der Waals surface area contributed by atoms with Gasteiger partial charge in [0.15, 0.2) is 0 Å². The van der Waals surface area contributed by atoms with E-state index in [-0.39, 0.29) is 12.0 Å². The molecular weight excluding hydrogens is 288 g/mol. The van der Waals surface area contributed by atoms with Crippen LogP contribution in [0.15, 0.2) is 45.0 Å². The molecule has 6 heteroatoms. The first-order valence-corrected chi connectivity index (χ1v) is 7.51. The molecule has 5 nitrogen and oxygen atoms in total. The van der Waals surface area contributed by atoms with Crippen molar-refractivity contribution in [1.29, 1.82) is 0 Å².